The van der Waals surface area contributed by atoms with Crippen LogP contribution in [-0.2, 0) is 11.2 Å². The molecule has 4 heteroatoms. The summed E-state index contributed by atoms with van der Waals surface area (Å²) in [6.07, 6.45) is 0.925. The Morgan fingerprint density at radius 3 is 2.62 bits per heavy atom. The highest BCUT2D eigenvalue weighted by Crippen LogP contribution is 2.27. The van der Waals surface area contributed by atoms with Crippen molar-refractivity contribution in [2.75, 3.05) is 12.3 Å². The molecule has 0 aromatic heterocycles. The van der Waals surface area contributed by atoms with Gasteiger partial charge in [-0.15, -0.1) is 0 Å². The summed E-state index contributed by atoms with van der Waals surface area (Å²) in [6.45, 7) is 1.97. The zero-order valence-corrected chi connectivity index (χ0v) is 9.44. The highest BCUT2D eigenvalue weighted by atomic mass is 16.4. The van der Waals surface area contributed by atoms with Crippen molar-refractivity contribution >= 4 is 11.7 Å². The van der Waals surface area contributed by atoms with Crippen LogP contribution in [0.1, 0.15) is 18.9 Å². The van der Waals surface area contributed by atoms with Crippen molar-refractivity contribution in [2.45, 2.75) is 19.8 Å². The fourth-order valence-corrected chi connectivity index (χ4v) is 1.75. The van der Waals surface area contributed by atoms with Gasteiger partial charge in [0.15, 0.2) is 0 Å². The minimum Gasteiger partial charge on any atom is -0.481 e. The van der Waals surface area contributed by atoms with Crippen LogP contribution < -0.4 is 11.5 Å². The molecule has 0 saturated heterocycles. The molecular weight excluding hydrogens is 204 g/mol. The molecule has 0 saturated carbocycles. The van der Waals surface area contributed by atoms with E-state index in [9.17, 15) is 9.90 Å². The summed E-state index contributed by atoms with van der Waals surface area (Å²) in [4.78, 5) is 11.3. The first-order chi connectivity index (χ1) is 7.54. The van der Waals surface area contributed by atoms with Crippen molar-refractivity contribution in [3.8, 4) is 0 Å². The molecule has 0 amide bonds. The number of carbonyl (C=O) groups is 1. The Labute approximate surface area is 95.3 Å². The summed E-state index contributed by atoms with van der Waals surface area (Å²) in [6, 6.07) is 7.27. The fourth-order valence-electron chi connectivity index (χ4n) is 1.75. The number of carboxylic acids is 1. The molecule has 1 rings (SSSR count). The molecule has 0 heterocycles. The van der Waals surface area contributed by atoms with E-state index in [4.69, 9.17) is 11.5 Å². The molecule has 16 heavy (non-hydrogen) atoms. The molecule has 4 nitrogen and oxygen atoms in total. The maximum Gasteiger partial charge on any atom is 0.311 e. The van der Waals surface area contributed by atoms with E-state index >= 15 is 0 Å². The first-order valence-corrected chi connectivity index (χ1v) is 5.32. The van der Waals surface area contributed by atoms with Crippen LogP contribution in [0.2, 0.25) is 0 Å². The van der Waals surface area contributed by atoms with Crippen LogP contribution in [0.5, 0.6) is 0 Å². The van der Waals surface area contributed by atoms with Gasteiger partial charge in [-0.25, -0.2) is 0 Å². The van der Waals surface area contributed by atoms with Crippen molar-refractivity contribution in [3.63, 3.8) is 0 Å². The summed E-state index contributed by atoms with van der Waals surface area (Å²) >= 11 is 0. The van der Waals surface area contributed by atoms with Gasteiger partial charge in [0.1, 0.15) is 0 Å². The number of rotatable bonds is 5. The summed E-state index contributed by atoms with van der Waals surface area (Å²) in [5, 5.41) is 9.24. The molecule has 1 atom stereocenters. The Morgan fingerprint density at radius 1 is 1.50 bits per heavy atom. The van der Waals surface area contributed by atoms with E-state index in [1.54, 1.807) is 12.1 Å². The quantitative estimate of drug-likeness (QED) is 0.654. The van der Waals surface area contributed by atoms with Crippen LogP contribution in [0.3, 0.4) is 0 Å². The predicted octanol–water partition coefficient (Wildman–Crippen LogP) is 1.25. The van der Waals surface area contributed by atoms with E-state index < -0.39 is 11.4 Å². The summed E-state index contributed by atoms with van der Waals surface area (Å²) in [7, 11) is 0. The summed E-state index contributed by atoms with van der Waals surface area (Å²) in [5.74, 6) is -0.847. The first-order valence-electron chi connectivity index (χ1n) is 5.32. The van der Waals surface area contributed by atoms with Gasteiger partial charge >= 0.3 is 5.97 Å². The maximum absolute atomic E-state index is 11.3. The maximum atomic E-state index is 11.3. The van der Waals surface area contributed by atoms with E-state index in [2.05, 4.69) is 0 Å². The number of nitrogen functional groups attached to an aromatic ring is 1. The molecule has 88 valence electrons. The molecule has 0 fully saturated rings. The third-order valence-electron chi connectivity index (χ3n) is 3.01. The lowest BCUT2D eigenvalue weighted by molar-refractivity contribution is -0.148. The number of hydrogen-bond donors (Lipinski definition) is 3. The monoisotopic (exact) mass is 222 g/mol. The van der Waals surface area contributed by atoms with E-state index in [-0.39, 0.29) is 6.54 Å². The van der Waals surface area contributed by atoms with Crippen LogP contribution in [0, 0.1) is 5.41 Å². The van der Waals surface area contributed by atoms with Crippen LogP contribution in [0.4, 0.5) is 5.69 Å². The minimum atomic E-state index is -0.881. The third-order valence-corrected chi connectivity index (χ3v) is 3.01. The molecule has 1 unspecified atom stereocenters. The predicted molar refractivity (Wildman–Crippen MR) is 64.0 cm³/mol. The topological polar surface area (TPSA) is 89.3 Å². The zero-order chi connectivity index (χ0) is 12.2. The Hall–Kier alpha value is -1.55. The number of hydrogen-bond acceptors (Lipinski definition) is 3. The molecular formula is C12H18N2O2. The van der Waals surface area contributed by atoms with Crippen molar-refractivity contribution in [1.82, 2.24) is 0 Å². The van der Waals surface area contributed by atoms with Gasteiger partial charge in [0.25, 0.3) is 0 Å². The number of aliphatic carboxylic acids is 1. The highest BCUT2D eigenvalue weighted by Gasteiger charge is 2.35. The average Bonchev–Trinajstić information content (AvgIpc) is 2.25. The molecule has 0 aliphatic carbocycles. The van der Waals surface area contributed by atoms with E-state index in [1.807, 2.05) is 19.1 Å². The molecule has 1 aromatic carbocycles. The Kier molecular flexibility index (Phi) is 3.90. The molecule has 0 aliphatic heterocycles. The Bertz CT molecular complexity index is 373. The van der Waals surface area contributed by atoms with Crippen molar-refractivity contribution in [1.29, 1.82) is 0 Å². The lowest BCUT2D eigenvalue weighted by Crippen LogP contribution is -2.40. The highest BCUT2D eigenvalue weighted by molar-refractivity contribution is 5.75. The zero-order valence-electron chi connectivity index (χ0n) is 9.44. The van der Waals surface area contributed by atoms with Gasteiger partial charge in [-0.3, -0.25) is 4.79 Å². The average molecular weight is 222 g/mol. The van der Waals surface area contributed by atoms with E-state index in [1.165, 1.54) is 0 Å². The van der Waals surface area contributed by atoms with Crippen molar-refractivity contribution in [3.05, 3.63) is 29.8 Å². The Balaban J connectivity index is 2.96. The van der Waals surface area contributed by atoms with E-state index in [0.717, 1.165) is 5.56 Å². The van der Waals surface area contributed by atoms with Gasteiger partial charge in [0.2, 0.25) is 0 Å². The molecule has 0 spiro atoms. The van der Waals surface area contributed by atoms with Crippen LogP contribution in [-0.4, -0.2) is 17.6 Å². The van der Waals surface area contributed by atoms with E-state index in [0.29, 0.717) is 18.5 Å². The molecule has 5 N–H and O–H groups in total. The van der Waals surface area contributed by atoms with Gasteiger partial charge in [0, 0.05) is 12.2 Å². The van der Waals surface area contributed by atoms with Crippen LogP contribution in [0.15, 0.2) is 24.3 Å². The first kappa shape index (κ1) is 12.5. The second-order valence-corrected chi connectivity index (χ2v) is 4.06. The van der Waals surface area contributed by atoms with Gasteiger partial charge < -0.3 is 16.6 Å². The van der Waals surface area contributed by atoms with Crippen molar-refractivity contribution < 1.29 is 9.90 Å². The lowest BCUT2D eigenvalue weighted by atomic mass is 9.79. The van der Waals surface area contributed by atoms with Crippen LogP contribution >= 0.6 is 0 Å². The van der Waals surface area contributed by atoms with Crippen molar-refractivity contribution in [2.24, 2.45) is 11.1 Å². The molecule has 0 bridgehead atoms. The smallest absolute Gasteiger partial charge is 0.311 e. The van der Waals surface area contributed by atoms with Gasteiger partial charge in [-0.1, -0.05) is 19.1 Å². The minimum absolute atomic E-state index is 0.133. The third kappa shape index (κ3) is 2.52. The molecule has 1 aromatic rings. The largest absolute Gasteiger partial charge is 0.481 e. The standard InChI is InChI=1S/C12H18N2O2/c1-2-12(8-13,11(15)16)7-9-4-3-5-10(14)6-9/h3-6H,2,7-8,13-14H2,1H3,(H,15,16). The van der Waals surface area contributed by atoms with Gasteiger partial charge in [-0.2, -0.15) is 0 Å². The second-order valence-electron chi connectivity index (χ2n) is 4.06. The fraction of sp³-hybridized carbons (Fsp3) is 0.417. The number of anilines is 1. The second kappa shape index (κ2) is 4.99. The normalized spacial score (nSPS) is 14.4. The number of benzene rings is 1. The lowest BCUT2D eigenvalue weighted by Gasteiger charge is -2.26. The van der Waals surface area contributed by atoms with Crippen LogP contribution in [0.25, 0.3) is 0 Å². The number of nitrogens with two attached hydrogens (primary N) is 2. The number of carboxylic acid groups (broad SMARTS) is 1. The molecule has 0 aliphatic rings. The summed E-state index contributed by atoms with van der Waals surface area (Å²) in [5.41, 5.74) is 11.9. The summed E-state index contributed by atoms with van der Waals surface area (Å²) < 4.78 is 0. The SMILES string of the molecule is CCC(CN)(Cc1cccc(N)c1)C(=O)O. The molecule has 0 radical (unpaired) electrons. The van der Waals surface area contributed by atoms with Gasteiger partial charge in [-0.05, 0) is 30.5 Å². The Morgan fingerprint density at radius 2 is 2.19 bits per heavy atom. The van der Waals surface area contributed by atoms with Gasteiger partial charge in [0.05, 0.1) is 5.41 Å².